The van der Waals surface area contributed by atoms with Crippen molar-refractivity contribution >= 4 is 22.8 Å². The van der Waals surface area contributed by atoms with E-state index in [1.165, 1.54) is 14.7 Å². The van der Waals surface area contributed by atoms with Gasteiger partial charge >= 0.3 is 5.69 Å². The number of hydrogen-bond donors (Lipinski definition) is 2. The molecule has 3 fully saturated rings. The number of piperidine rings is 1. The first-order valence-electron chi connectivity index (χ1n) is 19.5. The maximum Gasteiger partial charge on any atom is 0.337 e. The number of benzene rings is 2. The summed E-state index contributed by atoms with van der Waals surface area (Å²) in [7, 11) is 0. The van der Waals surface area contributed by atoms with E-state index in [-0.39, 0.29) is 29.6 Å². The molecule has 12 nitrogen and oxygen atoms in total. The topological polar surface area (TPSA) is 128 Å². The van der Waals surface area contributed by atoms with E-state index >= 15 is 0 Å². The molecule has 5 heterocycles. The fourth-order valence-corrected chi connectivity index (χ4v) is 8.73. The van der Waals surface area contributed by atoms with Crippen LogP contribution >= 0.6 is 0 Å². The van der Waals surface area contributed by atoms with Gasteiger partial charge in [-0.05, 0) is 92.9 Å². The Morgan fingerprint density at radius 2 is 1.69 bits per heavy atom. The number of carbonyl (C=O) groups excluding carboxylic acids is 1. The highest BCUT2D eigenvalue weighted by Crippen LogP contribution is 2.29. The van der Waals surface area contributed by atoms with Crippen molar-refractivity contribution in [3.63, 3.8) is 0 Å². The van der Waals surface area contributed by atoms with Crippen molar-refractivity contribution in [2.45, 2.75) is 76.0 Å². The first-order valence-corrected chi connectivity index (χ1v) is 19.5. The Balaban J connectivity index is 1.01. The standard InChI is InChI=1S/C41H49FN8O4/c42-31-24-35-38(43-25-31)49(34-6-3-5-30(23-34)29-10-8-28(9-11-29)26-47-17-4-16-46(19-20-47)21-22-51)41(54)50(40(35)53)33-14-12-32(13-15-33)44-39(52)36-27-48-18-2-1-7-37(48)45-36/h3,5-6,8-11,23-25,32-33,36,51H,1-2,4,7,12-22,26-27H2,(H,44,52)/t32-,33+,36?. The Morgan fingerprint density at radius 3 is 2.48 bits per heavy atom. The molecule has 2 saturated heterocycles. The average Bonchev–Trinajstić information content (AvgIpc) is 3.51. The van der Waals surface area contributed by atoms with E-state index in [9.17, 15) is 23.9 Å². The van der Waals surface area contributed by atoms with Crippen molar-refractivity contribution < 1.29 is 14.3 Å². The minimum atomic E-state index is -0.647. The van der Waals surface area contributed by atoms with E-state index in [1.807, 2.05) is 24.3 Å². The van der Waals surface area contributed by atoms with E-state index in [1.54, 1.807) is 0 Å². The minimum Gasteiger partial charge on any atom is -0.395 e. The number of carbonyl (C=O) groups is 1. The molecule has 4 aliphatic rings. The molecule has 0 bridgehead atoms. The molecule has 1 aliphatic carbocycles. The number of aliphatic hydroxyl groups excluding tert-OH is 1. The van der Waals surface area contributed by atoms with Gasteiger partial charge in [-0.15, -0.1) is 0 Å². The van der Waals surface area contributed by atoms with Crippen molar-refractivity contribution in [2.75, 3.05) is 52.4 Å². The molecule has 2 aromatic carbocycles. The zero-order valence-electron chi connectivity index (χ0n) is 30.7. The third-order valence-electron chi connectivity index (χ3n) is 11.6. The van der Waals surface area contributed by atoms with Crippen molar-refractivity contribution in [2.24, 2.45) is 4.99 Å². The lowest BCUT2D eigenvalue weighted by atomic mass is 9.90. The number of aromatic nitrogens is 3. The highest BCUT2D eigenvalue weighted by Gasteiger charge is 2.34. The Kier molecular flexibility index (Phi) is 10.7. The molecule has 54 heavy (non-hydrogen) atoms. The van der Waals surface area contributed by atoms with Crippen LogP contribution in [0.15, 0.2) is 75.4 Å². The second-order valence-corrected chi connectivity index (χ2v) is 15.2. The van der Waals surface area contributed by atoms with Crippen LogP contribution in [-0.2, 0) is 11.3 Å². The van der Waals surface area contributed by atoms with Gasteiger partial charge in [-0.3, -0.25) is 28.9 Å². The van der Waals surface area contributed by atoms with Gasteiger partial charge in [0.25, 0.3) is 5.56 Å². The summed E-state index contributed by atoms with van der Waals surface area (Å²) in [6.07, 6.45) is 7.53. The van der Waals surface area contributed by atoms with Crippen LogP contribution in [0.1, 0.15) is 63.0 Å². The number of fused-ring (bicyclic) bond motifs is 2. The molecule has 1 atom stereocenters. The first-order chi connectivity index (χ1) is 26.3. The Morgan fingerprint density at radius 1 is 0.889 bits per heavy atom. The Bertz CT molecular complexity index is 2140. The van der Waals surface area contributed by atoms with Crippen molar-refractivity contribution in [3.8, 4) is 16.8 Å². The third kappa shape index (κ3) is 7.62. The molecule has 8 rings (SSSR count). The summed E-state index contributed by atoms with van der Waals surface area (Å²) >= 11 is 0. The van der Waals surface area contributed by atoms with Gasteiger partial charge in [0.15, 0.2) is 5.65 Å². The largest absolute Gasteiger partial charge is 0.395 e. The molecule has 1 unspecified atom stereocenters. The zero-order valence-corrected chi connectivity index (χ0v) is 30.7. The summed E-state index contributed by atoms with van der Waals surface area (Å²) in [4.78, 5) is 57.4. The minimum absolute atomic E-state index is 0.0459. The summed E-state index contributed by atoms with van der Waals surface area (Å²) in [5.74, 6) is 0.328. The number of nitrogens with zero attached hydrogens (tertiary/aromatic N) is 7. The van der Waals surface area contributed by atoms with Gasteiger partial charge in [0.1, 0.15) is 17.7 Å². The molecule has 0 radical (unpaired) electrons. The van der Waals surface area contributed by atoms with Gasteiger partial charge in [0.05, 0.1) is 30.4 Å². The predicted octanol–water partition coefficient (Wildman–Crippen LogP) is 3.72. The van der Waals surface area contributed by atoms with E-state index < -0.39 is 29.1 Å². The third-order valence-corrected chi connectivity index (χ3v) is 11.6. The van der Waals surface area contributed by atoms with Crippen molar-refractivity contribution in [1.29, 1.82) is 0 Å². The van der Waals surface area contributed by atoms with Crippen LogP contribution in [-0.4, -0.2) is 110 Å². The normalized spacial score (nSPS) is 22.5. The molecule has 4 aromatic rings. The maximum atomic E-state index is 14.6. The predicted molar refractivity (Wildman–Crippen MR) is 206 cm³/mol. The summed E-state index contributed by atoms with van der Waals surface area (Å²) in [6.45, 7) is 7.26. The molecule has 284 valence electrons. The zero-order chi connectivity index (χ0) is 37.2. The summed E-state index contributed by atoms with van der Waals surface area (Å²) in [5.41, 5.74) is 2.67. The molecule has 13 heteroatoms. The van der Waals surface area contributed by atoms with Crippen LogP contribution in [0.25, 0.3) is 27.8 Å². The molecule has 3 aliphatic heterocycles. The van der Waals surface area contributed by atoms with E-state index in [0.29, 0.717) is 37.9 Å². The van der Waals surface area contributed by atoms with Gasteiger partial charge in [-0.1, -0.05) is 36.4 Å². The monoisotopic (exact) mass is 736 g/mol. The van der Waals surface area contributed by atoms with E-state index in [4.69, 9.17) is 4.99 Å². The maximum absolute atomic E-state index is 14.6. The van der Waals surface area contributed by atoms with Crippen LogP contribution in [0.3, 0.4) is 0 Å². The van der Waals surface area contributed by atoms with Gasteiger partial charge in [-0.2, -0.15) is 0 Å². The lowest BCUT2D eigenvalue weighted by molar-refractivity contribution is -0.123. The van der Waals surface area contributed by atoms with Crippen LogP contribution in [0.2, 0.25) is 0 Å². The molecule has 1 saturated carbocycles. The smallest absolute Gasteiger partial charge is 0.337 e. The second-order valence-electron chi connectivity index (χ2n) is 15.2. The van der Waals surface area contributed by atoms with Gasteiger partial charge in [0.2, 0.25) is 5.91 Å². The molecular weight excluding hydrogens is 688 g/mol. The number of β-amino-alcohol motifs (C(OH)–C–C–N with tert-alkyl or cyclic N) is 1. The average molecular weight is 737 g/mol. The van der Waals surface area contributed by atoms with Crippen LogP contribution in [0.4, 0.5) is 4.39 Å². The van der Waals surface area contributed by atoms with E-state index in [2.05, 4.69) is 49.3 Å². The second kappa shape index (κ2) is 15.9. The highest BCUT2D eigenvalue weighted by molar-refractivity contribution is 5.92. The molecular formula is C41H49FN8O4. The molecule has 1 amide bonds. The number of rotatable bonds is 9. The fourth-order valence-electron chi connectivity index (χ4n) is 8.73. The number of amides is 1. The SMILES string of the molecule is O=C(N[C@H]1CC[C@@H](n2c(=O)c3cc(F)cnc3n(-c3cccc(-c4ccc(CN5CCCN(CCO)CC5)cc4)c3)c2=O)CC1)C1CN2CCCCC2=N1. The number of nitrogens with one attached hydrogen (secondary N) is 1. The lowest BCUT2D eigenvalue weighted by Gasteiger charge is -2.31. The number of aliphatic imine (C=N–C) groups is 1. The number of amidine groups is 1. The van der Waals surface area contributed by atoms with Gasteiger partial charge in [-0.25, -0.2) is 18.7 Å². The Labute approximate surface area is 313 Å². The number of halogens is 1. The van der Waals surface area contributed by atoms with Crippen molar-refractivity contribution in [3.05, 3.63) is 93.0 Å². The molecule has 0 spiro atoms. The number of pyridine rings is 1. The van der Waals surface area contributed by atoms with Gasteiger partial charge < -0.3 is 15.3 Å². The summed E-state index contributed by atoms with van der Waals surface area (Å²) < 4.78 is 17.3. The van der Waals surface area contributed by atoms with Gasteiger partial charge in [0, 0.05) is 51.2 Å². The lowest BCUT2D eigenvalue weighted by Crippen LogP contribution is -2.47. The Hall–Kier alpha value is -4.72. The van der Waals surface area contributed by atoms with Crippen LogP contribution in [0.5, 0.6) is 0 Å². The van der Waals surface area contributed by atoms with Crippen molar-refractivity contribution in [1.82, 2.24) is 34.1 Å². The number of aliphatic hydroxyl groups is 1. The summed E-state index contributed by atoms with van der Waals surface area (Å²) in [6, 6.07) is 16.3. The van der Waals surface area contributed by atoms with Crippen LogP contribution < -0.4 is 16.6 Å². The summed E-state index contributed by atoms with van der Waals surface area (Å²) in [5, 5.41) is 12.6. The van der Waals surface area contributed by atoms with Crippen LogP contribution in [0, 0.1) is 5.82 Å². The number of hydrogen-bond acceptors (Lipinski definition) is 9. The quantitative estimate of drug-likeness (QED) is 0.266. The molecule has 2 N–H and O–H groups in total. The van der Waals surface area contributed by atoms with E-state index in [0.717, 1.165) is 101 Å². The fraction of sp³-hybridized carbons (Fsp3) is 0.488. The highest BCUT2D eigenvalue weighted by atomic mass is 19.1. The first kappa shape index (κ1) is 36.3. The molecule has 2 aromatic heterocycles.